The quantitative estimate of drug-likeness (QED) is 0.197. The van der Waals surface area contributed by atoms with Crippen LogP contribution in [0.15, 0.2) is 133 Å². The summed E-state index contributed by atoms with van der Waals surface area (Å²) in [6.45, 7) is 16.3. The number of rotatable bonds is 8. The average Bonchev–Trinajstić information content (AvgIpc) is 3.31. The Bertz CT molecular complexity index is 1400. The molecule has 0 bridgehead atoms. The van der Waals surface area contributed by atoms with Gasteiger partial charge in [0.15, 0.2) is 0 Å². The highest BCUT2D eigenvalue weighted by atomic mass is 14.6. The molecule has 7 unspecified atom stereocenters. The van der Waals surface area contributed by atoms with Crippen LogP contribution in [0.1, 0.15) is 87.0 Å². The first-order valence-electron chi connectivity index (χ1n) is 15.8. The van der Waals surface area contributed by atoms with Gasteiger partial charge in [-0.1, -0.05) is 143 Å². The van der Waals surface area contributed by atoms with E-state index in [1.165, 1.54) is 39.8 Å². The topological polar surface area (TPSA) is 0 Å². The molecule has 1 saturated carbocycles. The smallest absolute Gasteiger partial charge is 0.00617 e. The molecule has 0 aromatic heterocycles. The van der Waals surface area contributed by atoms with Crippen LogP contribution in [0.3, 0.4) is 0 Å². The van der Waals surface area contributed by atoms with Crippen LogP contribution in [0.2, 0.25) is 0 Å². The van der Waals surface area contributed by atoms with Crippen molar-refractivity contribution < 1.29 is 0 Å². The lowest BCUT2D eigenvalue weighted by Crippen LogP contribution is -2.40. The van der Waals surface area contributed by atoms with Gasteiger partial charge in [0.25, 0.3) is 0 Å². The van der Waals surface area contributed by atoms with Crippen LogP contribution in [0.5, 0.6) is 0 Å². The van der Waals surface area contributed by atoms with Crippen molar-refractivity contribution in [3.63, 3.8) is 0 Å². The number of aryl methyl sites for hydroxylation is 1. The second-order valence-electron chi connectivity index (χ2n) is 12.6. The molecular formula is C41H48. The zero-order chi connectivity index (χ0) is 29.0. The van der Waals surface area contributed by atoms with E-state index in [9.17, 15) is 0 Å². The second-order valence-corrected chi connectivity index (χ2v) is 12.6. The van der Waals surface area contributed by atoms with Crippen LogP contribution in [-0.2, 0) is 0 Å². The van der Waals surface area contributed by atoms with E-state index in [1.807, 2.05) is 0 Å². The van der Waals surface area contributed by atoms with Gasteiger partial charge in [0.05, 0.1) is 0 Å². The van der Waals surface area contributed by atoms with E-state index in [0.29, 0.717) is 35.5 Å². The number of benzene rings is 3. The van der Waals surface area contributed by atoms with Crippen LogP contribution in [0.4, 0.5) is 0 Å². The number of hydrogen-bond acceptors (Lipinski definition) is 0. The zero-order valence-corrected chi connectivity index (χ0v) is 25.8. The maximum Gasteiger partial charge on any atom is 0.00617 e. The summed E-state index contributed by atoms with van der Waals surface area (Å²) >= 11 is 0. The molecule has 2 aliphatic rings. The van der Waals surface area contributed by atoms with Crippen molar-refractivity contribution in [2.75, 3.05) is 0 Å². The molecule has 0 N–H and O–H groups in total. The van der Waals surface area contributed by atoms with Crippen molar-refractivity contribution in [3.05, 3.63) is 155 Å². The molecule has 0 aliphatic heterocycles. The third-order valence-electron chi connectivity index (χ3n) is 10.4. The van der Waals surface area contributed by atoms with Gasteiger partial charge in [-0.25, -0.2) is 0 Å². The molecule has 0 saturated heterocycles. The number of hydrogen-bond donors (Lipinski definition) is 0. The van der Waals surface area contributed by atoms with Crippen LogP contribution < -0.4 is 0 Å². The lowest BCUT2D eigenvalue weighted by molar-refractivity contribution is 0.148. The van der Waals surface area contributed by atoms with E-state index in [4.69, 9.17) is 0 Å². The largest absolute Gasteiger partial charge is 0.0988 e. The fourth-order valence-corrected chi connectivity index (χ4v) is 8.66. The van der Waals surface area contributed by atoms with Crippen LogP contribution >= 0.6 is 0 Å². The SMILES string of the molecule is C=C/C(=C(\C=C/C)CC)C1(C2C=CC(C)CC2c2ccccc2)CC(c2ccccc2)C(c2ccccc2C)C1C. The van der Waals surface area contributed by atoms with Gasteiger partial charge in [-0.3, -0.25) is 0 Å². The van der Waals surface area contributed by atoms with Crippen molar-refractivity contribution in [1.29, 1.82) is 0 Å². The molecule has 0 nitrogen and oxygen atoms in total. The molecule has 5 rings (SSSR count). The monoisotopic (exact) mass is 540 g/mol. The number of allylic oxidation sites excluding steroid dienone is 7. The third-order valence-corrected chi connectivity index (χ3v) is 10.4. The fourth-order valence-electron chi connectivity index (χ4n) is 8.66. The maximum atomic E-state index is 4.54. The molecule has 212 valence electrons. The minimum atomic E-state index is -0.0583. The summed E-state index contributed by atoms with van der Waals surface area (Å²) in [6, 6.07) is 31.8. The predicted molar refractivity (Wildman–Crippen MR) is 177 cm³/mol. The van der Waals surface area contributed by atoms with Gasteiger partial charge < -0.3 is 0 Å². The van der Waals surface area contributed by atoms with E-state index in [0.717, 1.165) is 12.8 Å². The van der Waals surface area contributed by atoms with Gasteiger partial charge in [-0.05, 0) is 102 Å². The summed E-state index contributed by atoms with van der Waals surface area (Å²) in [5, 5.41) is 0. The first-order chi connectivity index (χ1) is 20.0. The van der Waals surface area contributed by atoms with E-state index >= 15 is 0 Å². The normalized spacial score (nSPS) is 30.4. The predicted octanol–water partition coefficient (Wildman–Crippen LogP) is 11.4. The lowest BCUT2D eigenvalue weighted by Gasteiger charge is -2.49. The first-order valence-corrected chi connectivity index (χ1v) is 15.8. The van der Waals surface area contributed by atoms with Gasteiger partial charge in [0.2, 0.25) is 0 Å². The van der Waals surface area contributed by atoms with E-state index < -0.39 is 0 Å². The molecule has 1 fully saturated rings. The Morgan fingerprint density at radius 3 is 2.05 bits per heavy atom. The molecule has 3 aromatic rings. The molecule has 0 heteroatoms. The summed E-state index contributed by atoms with van der Waals surface area (Å²) < 4.78 is 0. The standard InChI is InChI=1S/C41H48/c1-7-18-32(8-2)38(9-3)41(39-26-25-29(4)27-36(39)33-20-12-10-13-21-33)28-37(34-22-14-11-15-23-34)40(31(41)6)35-24-17-16-19-30(35)5/h7,9-26,29,31,36-37,39-40H,3,8,27-28H2,1-2,4-6H3/b18-7-,38-32+. The Balaban J connectivity index is 1.82. The van der Waals surface area contributed by atoms with E-state index in [1.54, 1.807) is 0 Å². The van der Waals surface area contributed by atoms with Crippen molar-refractivity contribution in [1.82, 2.24) is 0 Å². The summed E-state index contributed by atoms with van der Waals surface area (Å²) in [6.07, 6.45) is 15.3. The van der Waals surface area contributed by atoms with Gasteiger partial charge in [0, 0.05) is 5.41 Å². The summed E-state index contributed by atoms with van der Waals surface area (Å²) in [7, 11) is 0. The lowest BCUT2D eigenvalue weighted by atomic mass is 9.55. The Morgan fingerprint density at radius 2 is 1.46 bits per heavy atom. The Hall–Kier alpha value is -3.38. The molecule has 0 spiro atoms. The minimum absolute atomic E-state index is 0.0583. The van der Waals surface area contributed by atoms with Crippen LogP contribution in [0.25, 0.3) is 0 Å². The summed E-state index contributed by atoms with van der Waals surface area (Å²) in [5.74, 6) is 2.68. The van der Waals surface area contributed by atoms with Crippen molar-refractivity contribution in [3.8, 4) is 0 Å². The third kappa shape index (κ3) is 5.34. The van der Waals surface area contributed by atoms with Gasteiger partial charge in [-0.15, -0.1) is 0 Å². The minimum Gasteiger partial charge on any atom is -0.0988 e. The molecule has 3 aromatic carbocycles. The summed E-state index contributed by atoms with van der Waals surface area (Å²) in [5.41, 5.74) is 8.69. The highest BCUT2D eigenvalue weighted by molar-refractivity contribution is 5.47. The van der Waals surface area contributed by atoms with Gasteiger partial charge in [-0.2, -0.15) is 0 Å². The van der Waals surface area contributed by atoms with Gasteiger partial charge >= 0.3 is 0 Å². The van der Waals surface area contributed by atoms with Crippen LogP contribution in [0, 0.1) is 30.1 Å². The Morgan fingerprint density at radius 1 is 0.854 bits per heavy atom. The van der Waals surface area contributed by atoms with Crippen LogP contribution in [-0.4, -0.2) is 0 Å². The van der Waals surface area contributed by atoms with E-state index in [-0.39, 0.29) is 5.41 Å². The van der Waals surface area contributed by atoms with Crippen molar-refractivity contribution in [2.24, 2.45) is 23.2 Å². The molecule has 2 aliphatic carbocycles. The van der Waals surface area contributed by atoms with Crippen molar-refractivity contribution >= 4 is 0 Å². The zero-order valence-electron chi connectivity index (χ0n) is 25.8. The van der Waals surface area contributed by atoms with Gasteiger partial charge in [0.1, 0.15) is 0 Å². The van der Waals surface area contributed by atoms with Crippen molar-refractivity contribution in [2.45, 2.75) is 71.6 Å². The highest BCUT2D eigenvalue weighted by Gasteiger charge is 2.58. The first kappa shape index (κ1) is 29.1. The molecule has 41 heavy (non-hydrogen) atoms. The molecule has 0 heterocycles. The maximum absolute atomic E-state index is 4.54. The molecule has 7 atom stereocenters. The fraction of sp³-hybridized carbons (Fsp3) is 0.366. The van der Waals surface area contributed by atoms with E-state index in [2.05, 4.69) is 157 Å². The Kier molecular flexibility index (Phi) is 8.98. The molecule has 0 amide bonds. The Labute approximate surface area is 249 Å². The average molecular weight is 541 g/mol. The summed E-state index contributed by atoms with van der Waals surface area (Å²) in [4.78, 5) is 0. The molecular weight excluding hydrogens is 492 g/mol. The second kappa shape index (κ2) is 12.6. The molecule has 0 radical (unpaired) electrons. The highest BCUT2D eigenvalue weighted by Crippen LogP contribution is 2.68.